The number of hydrogen-bond donors (Lipinski definition) is 5. The zero-order valence-electron chi connectivity index (χ0n) is 14.6. The van der Waals surface area contributed by atoms with Crippen molar-refractivity contribution in [1.29, 1.82) is 0 Å². The Labute approximate surface area is 156 Å². The van der Waals surface area contributed by atoms with E-state index in [2.05, 4.69) is 4.74 Å². The number of carbonyl (C=O) groups excluding carboxylic acids is 2. The molecule has 0 aromatic carbocycles. The van der Waals surface area contributed by atoms with Crippen LogP contribution in [0.5, 0.6) is 0 Å². The average molecular weight is 400 g/mol. The monoisotopic (exact) mass is 399 g/mol. The predicted octanol–water partition coefficient (Wildman–Crippen LogP) is -1.00. The number of aliphatic hydroxyl groups excluding tert-OH is 1. The molecule has 0 spiro atoms. The fourth-order valence-corrected chi connectivity index (χ4v) is 2.22. The summed E-state index contributed by atoms with van der Waals surface area (Å²) in [4.78, 5) is 32.7. The summed E-state index contributed by atoms with van der Waals surface area (Å²) in [6.45, 7) is -0.173. The van der Waals surface area contributed by atoms with Crippen LogP contribution in [0.25, 0.3) is 0 Å². The number of carboxylic acid groups (broad SMARTS) is 1. The maximum Gasteiger partial charge on any atom is 0.330 e. The van der Waals surface area contributed by atoms with Crippen molar-refractivity contribution in [1.82, 2.24) is 0 Å². The van der Waals surface area contributed by atoms with Crippen LogP contribution < -0.4 is 17.2 Å². The first kappa shape index (κ1) is 26.4. The standard InChI is InChI=1S/C10H20N2O3S2.C4H9NO3/c1-16-5-3-7(11)9(13)15-10(14)8(12)4-6-17-2;5-3(1-2-6)4(7)8/h7-8H,3-6,11-12H2,1-2H3;3,6H,1-2,5H2,(H,7,8)/t7-,8-;3-/m00/s1. The number of hydrogen-bond acceptors (Lipinski definition) is 10. The number of aliphatic carboxylic acids is 1. The van der Waals surface area contributed by atoms with Gasteiger partial charge in [0.1, 0.15) is 18.1 Å². The summed E-state index contributed by atoms with van der Waals surface area (Å²) in [5.74, 6) is -0.947. The number of rotatable bonds is 11. The molecule has 0 unspecified atom stereocenters. The fraction of sp³-hybridized carbons (Fsp3) is 0.786. The molecule has 0 saturated carbocycles. The second-order valence-electron chi connectivity index (χ2n) is 4.97. The van der Waals surface area contributed by atoms with Crippen molar-refractivity contribution < 1.29 is 29.3 Å². The first-order chi connectivity index (χ1) is 11.7. The summed E-state index contributed by atoms with van der Waals surface area (Å²) in [5.41, 5.74) is 16.1. The number of ether oxygens (including phenoxy) is 1. The van der Waals surface area contributed by atoms with E-state index in [1.54, 1.807) is 23.5 Å². The normalized spacial score (nSPS) is 13.8. The van der Waals surface area contributed by atoms with Gasteiger partial charge in [-0.15, -0.1) is 0 Å². The van der Waals surface area contributed by atoms with E-state index in [9.17, 15) is 14.4 Å². The number of thioether (sulfide) groups is 2. The quantitative estimate of drug-likeness (QED) is 0.212. The lowest BCUT2D eigenvalue weighted by molar-refractivity contribution is -0.161. The van der Waals surface area contributed by atoms with Crippen LogP contribution in [0, 0.1) is 0 Å². The molecule has 0 rings (SSSR count). The number of esters is 2. The van der Waals surface area contributed by atoms with Crippen molar-refractivity contribution in [2.75, 3.05) is 30.6 Å². The molecule has 0 fully saturated rings. The Hall–Kier alpha value is -0.850. The summed E-state index contributed by atoms with van der Waals surface area (Å²) in [6.07, 6.45) is 4.94. The Kier molecular flexibility index (Phi) is 17.5. The van der Waals surface area contributed by atoms with Crippen LogP contribution in [0.3, 0.4) is 0 Å². The van der Waals surface area contributed by atoms with E-state index in [0.717, 1.165) is 11.5 Å². The van der Waals surface area contributed by atoms with E-state index in [1.807, 2.05) is 12.5 Å². The van der Waals surface area contributed by atoms with E-state index in [1.165, 1.54) is 0 Å². The number of nitrogens with two attached hydrogens (primary N) is 3. The van der Waals surface area contributed by atoms with Gasteiger partial charge in [-0.05, 0) is 43.3 Å². The van der Waals surface area contributed by atoms with Gasteiger partial charge in [0.25, 0.3) is 0 Å². The van der Waals surface area contributed by atoms with Crippen LogP contribution in [0.2, 0.25) is 0 Å². The highest BCUT2D eigenvalue weighted by Crippen LogP contribution is 2.03. The largest absolute Gasteiger partial charge is 0.480 e. The van der Waals surface area contributed by atoms with Crippen LogP contribution in [-0.4, -0.2) is 76.9 Å². The van der Waals surface area contributed by atoms with Gasteiger partial charge in [0, 0.05) is 6.61 Å². The van der Waals surface area contributed by atoms with Crippen LogP contribution in [0.15, 0.2) is 0 Å². The molecule has 25 heavy (non-hydrogen) atoms. The highest BCUT2D eigenvalue weighted by atomic mass is 32.2. The van der Waals surface area contributed by atoms with Gasteiger partial charge in [-0.25, -0.2) is 9.59 Å². The molecular formula is C14H29N3O6S2. The Morgan fingerprint density at radius 3 is 1.52 bits per heavy atom. The molecule has 3 atom stereocenters. The Bertz CT molecular complexity index is 377. The van der Waals surface area contributed by atoms with Gasteiger partial charge in [-0.3, -0.25) is 4.79 Å². The topological polar surface area (TPSA) is 179 Å². The first-order valence-electron chi connectivity index (χ1n) is 7.55. The highest BCUT2D eigenvalue weighted by Gasteiger charge is 2.22. The van der Waals surface area contributed by atoms with Gasteiger partial charge in [0.15, 0.2) is 0 Å². The maximum absolute atomic E-state index is 11.4. The number of carboxylic acids is 1. The van der Waals surface area contributed by atoms with Crippen LogP contribution >= 0.6 is 23.5 Å². The molecule has 0 heterocycles. The van der Waals surface area contributed by atoms with Gasteiger partial charge in [-0.1, -0.05) is 0 Å². The molecule has 0 aromatic heterocycles. The minimum atomic E-state index is -1.07. The third kappa shape index (κ3) is 15.1. The van der Waals surface area contributed by atoms with Gasteiger partial charge >= 0.3 is 17.9 Å². The first-order valence-corrected chi connectivity index (χ1v) is 10.3. The molecule has 8 N–H and O–H groups in total. The zero-order chi connectivity index (χ0) is 19.8. The van der Waals surface area contributed by atoms with Crippen molar-refractivity contribution in [3.63, 3.8) is 0 Å². The third-order valence-electron chi connectivity index (χ3n) is 2.83. The summed E-state index contributed by atoms with van der Waals surface area (Å²) < 4.78 is 4.62. The molecule has 148 valence electrons. The Morgan fingerprint density at radius 2 is 1.28 bits per heavy atom. The SMILES string of the molecule is CSCC[C@H](N)C(=O)OC(=O)[C@@H](N)CCSC.N[C@@H](CCO)C(=O)O. The maximum atomic E-state index is 11.4. The molecule has 0 aliphatic carbocycles. The molecular weight excluding hydrogens is 370 g/mol. The van der Waals surface area contributed by atoms with Crippen LogP contribution in [0.4, 0.5) is 0 Å². The minimum Gasteiger partial charge on any atom is -0.480 e. The molecule has 0 radical (unpaired) electrons. The molecule has 0 bridgehead atoms. The summed E-state index contributed by atoms with van der Waals surface area (Å²) in [7, 11) is 0. The lowest BCUT2D eigenvalue weighted by Crippen LogP contribution is -2.40. The van der Waals surface area contributed by atoms with E-state index in [0.29, 0.717) is 12.8 Å². The Balaban J connectivity index is 0. The lowest BCUT2D eigenvalue weighted by Gasteiger charge is -2.12. The smallest absolute Gasteiger partial charge is 0.330 e. The van der Waals surface area contributed by atoms with Gasteiger partial charge < -0.3 is 32.2 Å². The van der Waals surface area contributed by atoms with Crippen molar-refractivity contribution in [2.45, 2.75) is 37.4 Å². The van der Waals surface area contributed by atoms with Crippen LogP contribution in [0.1, 0.15) is 19.3 Å². The van der Waals surface area contributed by atoms with Crippen molar-refractivity contribution >= 4 is 41.4 Å². The van der Waals surface area contributed by atoms with E-state index >= 15 is 0 Å². The molecule has 9 nitrogen and oxygen atoms in total. The van der Waals surface area contributed by atoms with Crippen molar-refractivity contribution in [3.05, 3.63) is 0 Å². The predicted molar refractivity (Wildman–Crippen MR) is 100 cm³/mol. The van der Waals surface area contributed by atoms with E-state index < -0.39 is 36.0 Å². The lowest BCUT2D eigenvalue weighted by atomic mass is 10.2. The highest BCUT2D eigenvalue weighted by molar-refractivity contribution is 7.98. The Morgan fingerprint density at radius 1 is 0.880 bits per heavy atom. The van der Waals surface area contributed by atoms with Gasteiger partial charge in [-0.2, -0.15) is 23.5 Å². The van der Waals surface area contributed by atoms with Gasteiger partial charge in [0.2, 0.25) is 0 Å². The van der Waals surface area contributed by atoms with Gasteiger partial charge in [0.05, 0.1) is 0 Å². The summed E-state index contributed by atoms with van der Waals surface area (Å²) >= 11 is 3.17. The summed E-state index contributed by atoms with van der Waals surface area (Å²) in [5, 5.41) is 16.2. The minimum absolute atomic E-state index is 0.120. The van der Waals surface area contributed by atoms with Crippen molar-refractivity contribution in [2.24, 2.45) is 17.2 Å². The number of carbonyl (C=O) groups is 3. The average Bonchev–Trinajstić information content (AvgIpc) is 2.57. The molecule has 0 aliphatic rings. The summed E-state index contributed by atoms with van der Waals surface area (Å²) in [6, 6.07) is -2.42. The van der Waals surface area contributed by atoms with E-state index in [4.69, 9.17) is 27.4 Å². The fourth-order valence-electron chi connectivity index (χ4n) is 1.24. The molecule has 0 amide bonds. The van der Waals surface area contributed by atoms with Crippen molar-refractivity contribution in [3.8, 4) is 0 Å². The zero-order valence-corrected chi connectivity index (χ0v) is 16.2. The van der Waals surface area contributed by atoms with E-state index in [-0.39, 0.29) is 13.0 Å². The number of aliphatic hydroxyl groups is 1. The van der Waals surface area contributed by atoms with Crippen LogP contribution in [-0.2, 0) is 19.1 Å². The second kappa shape index (κ2) is 16.6. The molecule has 0 saturated heterocycles. The third-order valence-corrected chi connectivity index (χ3v) is 4.12. The molecule has 0 aliphatic heterocycles. The second-order valence-corrected chi connectivity index (χ2v) is 6.94. The molecule has 11 heteroatoms. The molecule has 0 aromatic rings.